The van der Waals surface area contributed by atoms with E-state index in [1.807, 2.05) is 35.9 Å². The molecule has 1 saturated heterocycles. The van der Waals surface area contributed by atoms with Crippen molar-refractivity contribution in [2.75, 3.05) is 52.3 Å². The lowest BCUT2D eigenvalue weighted by molar-refractivity contribution is -0.126. The van der Waals surface area contributed by atoms with Crippen molar-refractivity contribution in [1.82, 2.24) is 25.0 Å². The van der Waals surface area contributed by atoms with E-state index in [0.29, 0.717) is 13.0 Å². The molecule has 9 heteroatoms. The zero-order chi connectivity index (χ0) is 23.1. The highest BCUT2D eigenvalue weighted by molar-refractivity contribution is 7.99. The summed E-state index contributed by atoms with van der Waals surface area (Å²) < 4.78 is 12.7. The van der Waals surface area contributed by atoms with Gasteiger partial charge in [-0.3, -0.25) is 9.69 Å². The van der Waals surface area contributed by atoms with Crippen molar-refractivity contribution in [3.63, 3.8) is 0 Å². The van der Waals surface area contributed by atoms with Crippen LogP contribution in [0.15, 0.2) is 29.4 Å². The number of ether oxygens (including phenoxy) is 2. The van der Waals surface area contributed by atoms with E-state index in [0.717, 1.165) is 86.6 Å². The van der Waals surface area contributed by atoms with Crippen LogP contribution >= 0.6 is 11.8 Å². The lowest BCUT2D eigenvalue weighted by Gasteiger charge is -2.28. The van der Waals surface area contributed by atoms with E-state index in [-0.39, 0.29) is 5.91 Å². The maximum atomic E-state index is 13.3. The lowest BCUT2D eigenvalue weighted by atomic mass is 9.78. The summed E-state index contributed by atoms with van der Waals surface area (Å²) in [5, 5.41) is 12.8. The molecule has 1 aliphatic carbocycles. The summed E-state index contributed by atoms with van der Waals surface area (Å²) >= 11 is 1.73. The Bertz CT molecular complexity index is 905. The van der Waals surface area contributed by atoms with Crippen molar-refractivity contribution in [2.24, 2.45) is 7.05 Å². The number of methoxy groups -OCH3 is 1. The topological polar surface area (TPSA) is 81.5 Å². The van der Waals surface area contributed by atoms with Gasteiger partial charge in [-0.25, -0.2) is 0 Å². The van der Waals surface area contributed by atoms with Crippen molar-refractivity contribution in [1.29, 1.82) is 0 Å². The molecule has 8 nitrogen and oxygen atoms in total. The average molecular weight is 474 g/mol. The molecule has 0 radical (unpaired) electrons. The van der Waals surface area contributed by atoms with Gasteiger partial charge < -0.3 is 19.4 Å². The van der Waals surface area contributed by atoms with Gasteiger partial charge in [-0.2, -0.15) is 0 Å². The summed E-state index contributed by atoms with van der Waals surface area (Å²) in [6.07, 6.45) is 4.59. The number of amides is 1. The van der Waals surface area contributed by atoms with E-state index in [9.17, 15) is 4.79 Å². The summed E-state index contributed by atoms with van der Waals surface area (Å²) in [6.45, 7) is 5.24. The van der Waals surface area contributed by atoms with E-state index in [1.165, 1.54) is 0 Å². The Kier molecular flexibility index (Phi) is 8.27. The first-order chi connectivity index (χ1) is 16.1. The van der Waals surface area contributed by atoms with Crippen LogP contribution in [0.25, 0.3) is 0 Å². The van der Waals surface area contributed by atoms with Gasteiger partial charge in [-0.05, 0) is 30.5 Å². The molecule has 180 valence electrons. The van der Waals surface area contributed by atoms with Crippen LogP contribution < -0.4 is 10.1 Å². The minimum absolute atomic E-state index is 0.118. The van der Waals surface area contributed by atoms with Crippen LogP contribution in [0.3, 0.4) is 0 Å². The first-order valence-corrected chi connectivity index (χ1v) is 12.8. The van der Waals surface area contributed by atoms with Crippen LogP contribution in [-0.4, -0.2) is 77.8 Å². The van der Waals surface area contributed by atoms with Crippen LogP contribution in [0.1, 0.15) is 37.1 Å². The van der Waals surface area contributed by atoms with E-state index >= 15 is 0 Å². The normalized spacial score (nSPS) is 18.4. The Labute approximate surface area is 200 Å². The molecule has 1 aliphatic heterocycles. The quantitative estimate of drug-likeness (QED) is 0.531. The largest absolute Gasteiger partial charge is 0.497 e. The number of nitrogens with one attached hydrogen (secondary N) is 1. The molecular weight excluding hydrogens is 438 g/mol. The third-order valence-electron chi connectivity index (χ3n) is 6.84. The van der Waals surface area contributed by atoms with Crippen molar-refractivity contribution in [3.05, 3.63) is 35.7 Å². The van der Waals surface area contributed by atoms with E-state index < -0.39 is 5.41 Å². The second-order valence-corrected chi connectivity index (χ2v) is 9.85. The van der Waals surface area contributed by atoms with Gasteiger partial charge in [0, 0.05) is 45.4 Å². The minimum atomic E-state index is -0.438. The monoisotopic (exact) mass is 473 g/mol. The van der Waals surface area contributed by atoms with Gasteiger partial charge in [-0.15, -0.1) is 10.2 Å². The third kappa shape index (κ3) is 5.70. The summed E-state index contributed by atoms with van der Waals surface area (Å²) in [6, 6.07) is 7.96. The molecule has 1 aromatic heterocycles. The van der Waals surface area contributed by atoms with Crippen molar-refractivity contribution < 1.29 is 14.3 Å². The fraction of sp³-hybridized carbons (Fsp3) is 0.625. The van der Waals surface area contributed by atoms with E-state index in [4.69, 9.17) is 9.47 Å². The Morgan fingerprint density at radius 2 is 1.91 bits per heavy atom. The number of carbonyl (C=O) groups is 1. The average Bonchev–Trinajstić information content (AvgIpc) is 3.48. The molecular formula is C24H35N5O3S. The Morgan fingerprint density at radius 3 is 2.61 bits per heavy atom. The molecule has 0 spiro atoms. The maximum Gasteiger partial charge on any atom is 0.230 e. The molecule has 33 heavy (non-hydrogen) atoms. The molecule has 1 saturated carbocycles. The zero-order valence-electron chi connectivity index (χ0n) is 19.7. The van der Waals surface area contributed by atoms with E-state index in [1.54, 1.807) is 18.9 Å². The SMILES string of the molecule is COc1ccc(C2(C(=O)NCCc3nnc(SCCN4CCOCC4)n3C)CCCC2)cc1. The summed E-state index contributed by atoms with van der Waals surface area (Å²) in [5.74, 6) is 2.81. The van der Waals surface area contributed by atoms with Crippen molar-refractivity contribution in [2.45, 2.75) is 42.7 Å². The van der Waals surface area contributed by atoms with Gasteiger partial charge in [-0.1, -0.05) is 36.7 Å². The Hall–Kier alpha value is -2.10. The number of hydrogen-bond acceptors (Lipinski definition) is 7. The molecule has 1 aromatic carbocycles. The Balaban J connectivity index is 1.28. The van der Waals surface area contributed by atoms with Crippen LogP contribution in [-0.2, 0) is 28.4 Å². The number of aromatic nitrogens is 3. The van der Waals surface area contributed by atoms with Crippen LogP contribution in [0.2, 0.25) is 0 Å². The highest BCUT2D eigenvalue weighted by Crippen LogP contribution is 2.41. The molecule has 0 atom stereocenters. The summed E-state index contributed by atoms with van der Waals surface area (Å²) in [5.41, 5.74) is 0.642. The molecule has 2 aromatic rings. The van der Waals surface area contributed by atoms with Crippen LogP contribution in [0, 0.1) is 0 Å². The molecule has 0 unspecified atom stereocenters. The number of carbonyl (C=O) groups excluding carboxylic acids is 1. The second-order valence-electron chi connectivity index (χ2n) is 8.78. The maximum absolute atomic E-state index is 13.3. The van der Waals surface area contributed by atoms with Crippen molar-refractivity contribution in [3.8, 4) is 5.75 Å². The second kappa shape index (κ2) is 11.4. The minimum Gasteiger partial charge on any atom is -0.497 e. The molecule has 0 bridgehead atoms. The van der Waals surface area contributed by atoms with Gasteiger partial charge >= 0.3 is 0 Å². The number of thioether (sulfide) groups is 1. The smallest absolute Gasteiger partial charge is 0.230 e. The number of morpholine rings is 1. The van der Waals surface area contributed by atoms with Gasteiger partial charge in [0.05, 0.1) is 25.7 Å². The fourth-order valence-corrected chi connectivity index (χ4v) is 5.70. The standard InChI is InChI=1S/C24H35N5O3S/c1-28-21(26-27-23(28)33-18-15-29-13-16-32-17-14-29)9-12-25-22(30)24(10-3-4-11-24)19-5-7-20(31-2)8-6-19/h5-8H,3-4,9-18H2,1-2H3,(H,25,30). The fourth-order valence-electron chi connectivity index (χ4n) is 4.77. The van der Waals surface area contributed by atoms with Crippen molar-refractivity contribution >= 4 is 17.7 Å². The summed E-state index contributed by atoms with van der Waals surface area (Å²) in [4.78, 5) is 15.7. The van der Waals surface area contributed by atoms with Gasteiger partial charge in [0.2, 0.25) is 5.91 Å². The zero-order valence-corrected chi connectivity index (χ0v) is 20.5. The first-order valence-electron chi connectivity index (χ1n) is 11.9. The predicted octanol–water partition coefficient (Wildman–Crippen LogP) is 2.42. The molecule has 2 heterocycles. The number of nitrogens with zero attached hydrogens (tertiary/aromatic N) is 4. The highest BCUT2D eigenvalue weighted by Gasteiger charge is 2.42. The molecule has 2 aliphatic rings. The predicted molar refractivity (Wildman–Crippen MR) is 129 cm³/mol. The molecule has 1 N–H and O–H groups in total. The third-order valence-corrected chi connectivity index (χ3v) is 7.84. The number of benzene rings is 1. The van der Waals surface area contributed by atoms with Crippen LogP contribution in [0.4, 0.5) is 0 Å². The van der Waals surface area contributed by atoms with Crippen LogP contribution in [0.5, 0.6) is 5.75 Å². The molecule has 2 fully saturated rings. The Morgan fingerprint density at radius 1 is 1.18 bits per heavy atom. The van der Waals surface area contributed by atoms with E-state index in [2.05, 4.69) is 20.4 Å². The van der Waals surface area contributed by atoms with Gasteiger partial charge in [0.1, 0.15) is 11.6 Å². The van der Waals surface area contributed by atoms with Gasteiger partial charge in [0.15, 0.2) is 5.16 Å². The molecule has 4 rings (SSSR count). The number of rotatable bonds is 10. The molecule has 1 amide bonds. The van der Waals surface area contributed by atoms with Gasteiger partial charge in [0.25, 0.3) is 0 Å². The highest BCUT2D eigenvalue weighted by atomic mass is 32.2. The number of hydrogen-bond donors (Lipinski definition) is 1. The lowest BCUT2D eigenvalue weighted by Crippen LogP contribution is -2.43. The summed E-state index contributed by atoms with van der Waals surface area (Å²) in [7, 11) is 3.66. The first kappa shape index (κ1) is 24.0.